The van der Waals surface area contributed by atoms with Crippen LogP contribution in [0.1, 0.15) is 21.8 Å². The molecule has 0 saturated heterocycles. The van der Waals surface area contributed by atoms with Gasteiger partial charge in [0.2, 0.25) is 5.91 Å². The molecule has 108 valence electrons. The van der Waals surface area contributed by atoms with E-state index in [1.54, 1.807) is 11.3 Å². The Hall–Kier alpha value is -1.14. The molecule has 0 aliphatic carbocycles. The van der Waals surface area contributed by atoms with E-state index in [1.807, 2.05) is 31.6 Å². The number of rotatable bonds is 5. The molecule has 0 spiro atoms. The number of thiophene rings is 1. The van der Waals surface area contributed by atoms with E-state index >= 15 is 0 Å². The number of hydrogen-bond acceptors (Lipinski definition) is 3. The lowest BCUT2D eigenvalue weighted by Crippen LogP contribution is -2.27. The molecule has 0 aromatic carbocycles. The first-order valence-electron chi connectivity index (χ1n) is 6.47. The fourth-order valence-electron chi connectivity index (χ4n) is 2.11. The molecule has 0 aliphatic heterocycles. The van der Waals surface area contributed by atoms with Crippen molar-refractivity contribution in [3.05, 3.63) is 37.7 Å². The van der Waals surface area contributed by atoms with Crippen LogP contribution in [0.2, 0.25) is 0 Å². The van der Waals surface area contributed by atoms with Crippen LogP contribution in [-0.4, -0.2) is 22.2 Å². The lowest BCUT2D eigenvalue weighted by atomic mass is 10.1. The topological polar surface area (TPSA) is 46.9 Å². The number of nitrogens with one attached hydrogen (secondary N) is 1. The summed E-state index contributed by atoms with van der Waals surface area (Å²) in [6.07, 6.45) is 1.27. The molecule has 4 nitrogen and oxygen atoms in total. The second-order valence-corrected chi connectivity index (χ2v) is 7.30. The molecule has 1 N–H and O–H groups in total. The first-order valence-corrected chi connectivity index (χ1v) is 8.08. The van der Waals surface area contributed by atoms with Gasteiger partial charge in [-0.3, -0.25) is 9.48 Å². The van der Waals surface area contributed by atoms with Crippen LogP contribution in [0.5, 0.6) is 0 Å². The number of nitrogens with zero attached hydrogens (tertiary/aromatic N) is 2. The van der Waals surface area contributed by atoms with Crippen LogP contribution < -0.4 is 5.32 Å². The van der Waals surface area contributed by atoms with Crippen molar-refractivity contribution >= 4 is 33.2 Å². The number of halogens is 1. The lowest BCUT2D eigenvalue weighted by Gasteiger charge is -2.05. The van der Waals surface area contributed by atoms with E-state index in [9.17, 15) is 4.79 Å². The normalized spacial score (nSPS) is 10.8. The predicted octanol–water partition coefficient (Wildman–Crippen LogP) is 2.76. The highest BCUT2D eigenvalue weighted by atomic mass is 79.9. The number of carbonyl (C=O) groups is 1. The molecule has 0 bridgehead atoms. The van der Waals surface area contributed by atoms with Gasteiger partial charge >= 0.3 is 0 Å². The van der Waals surface area contributed by atoms with Crippen LogP contribution in [0.15, 0.2) is 15.9 Å². The smallest absolute Gasteiger partial charge is 0.224 e. The van der Waals surface area contributed by atoms with E-state index in [0.717, 1.165) is 27.2 Å². The molecule has 0 atom stereocenters. The first-order chi connectivity index (χ1) is 9.47. The average Bonchev–Trinajstić information content (AvgIpc) is 2.89. The van der Waals surface area contributed by atoms with E-state index in [0.29, 0.717) is 13.0 Å². The Morgan fingerprint density at radius 2 is 2.20 bits per heavy atom. The average molecular weight is 356 g/mol. The molecule has 0 saturated carbocycles. The minimum Gasteiger partial charge on any atom is -0.355 e. The molecule has 0 fully saturated rings. The van der Waals surface area contributed by atoms with Crippen LogP contribution in [-0.2, 0) is 24.7 Å². The second kappa shape index (κ2) is 6.54. The predicted molar refractivity (Wildman–Crippen MR) is 85.1 cm³/mol. The third-order valence-electron chi connectivity index (χ3n) is 3.32. The monoisotopic (exact) mass is 355 g/mol. The fourth-order valence-corrected chi connectivity index (χ4v) is 3.59. The summed E-state index contributed by atoms with van der Waals surface area (Å²) < 4.78 is 2.95. The van der Waals surface area contributed by atoms with Crippen molar-refractivity contribution in [1.29, 1.82) is 0 Å². The largest absolute Gasteiger partial charge is 0.355 e. The van der Waals surface area contributed by atoms with Crippen molar-refractivity contribution in [2.45, 2.75) is 26.7 Å². The highest BCUT2D eigenvalue weighted by Crippen LogP contribution is 2.22. The summed E-state index contributed by atoms with van der Waals surface area (Å²) in [5, 5.41) is 7.30. The zero-order chi connectivity index (χ0) is 14.7. The fraction of sp³-hybridized carbons (Fsp3) is 0.429. The molecule has 6 heteroatoms. The summed E-state index contributed by atoms with van der Waals surface area (Å²) in [6.45, 7) is 4.61. The maximum atomic E-state index is 12.0. The van der Waals surface area contributed by atoms with Crippen molar-refractivity contribution in [2.24, 2.45) is 7.05 Å². The summed E-state index contributed by atoms with van der Waals surface area (Å²) in [7, 11) is 1.90. The zero-order valence-corrected chi connectivity index (χ0v) is 14.3. The Morgan fingerprint density at radius 1 is 1.45 bits per heavy atom. The van der Waals surface area contributed by atoms with Gasteiger partial charge in [0.1, 0.15) is 0 Å². The Labute approximate surface area is 131 Å². The number of hydrogen-bond donors (Lipinski definition) is 1. The van der Waals surface area contributed by atoms with Crippen LogP contribution in [0.4, 0.5) is 0 Å². The summed E-state index contributed by atoms with van der Waals surface area (Å²) in [6, 6.07) is 4.11. The van der Waals surface area contributed by atoms with Gasteiger partial charge in [-0.15, -0.1) is 11.3 Å². The quantitative estimate of drug-likeness (QED) is 0.896. The second-order valence-electron chi connectivity index (χ2n) is 4.76. The molecule has 2 aromatic heterocycles. The van der Waals surface area contributed by atoms with E-state index in [-0.39, 0.29) is 5.91 Å². The minimum absolute atomic E-state index is 0.0554. The Kier molecular flexibility index (Phi) is 4.99. The standard InChI is InChI=1S/C14H18BrN3OS/c1-9-12(10(2)18(3)17-9)8-14(19)16-7-6-11-4-5-13(15)20-11/h4-5H,6-8H2,1-3H3,(H,16,19). The van der Waals surface area contributed by atoms with Gasteiger partial charge in [-0.05, 0) is 48.3 Å². The number of amides is 1. The van der Waals surface area contributed by atoms with E-state index in [1.165, 1.54) is 4.88 Å². The van der Waals surface area contributed by atoms with E-state index in [4.69, 9.17) is 0 Å². The summed E-state index contributed by atoms with van der Waals surface area (Å²) in [5.74, 6) is 0.0554. The molecule has 20 heavy (non-hydrogen) atoms. The Bertz CT molecular complexity index is 618. The van der Waals surface area contributed by atoms with E-state index < -0.39 is 0 Å². The maximum Gasteiger partial charge on any atom is 0.224 e. The molecular formula is C14H18BrN3OS. The summed E-state index contributed by atoms with van der Waals surface area (Å²) in [4.78, 5) is 13.2. The van der Waals surface area contributed by atoms with Crippen molar-refractivity contribution in [1.82, 2.24) is 15.1 Å². The third-order valence-corrected chi connectivity index (χ3v) is 5.00. The van der Waals surface area contributed by atoms with Gasteiger partial charge in [0.25, 0.3) is 0 Å². The highest BCUT2D eigenvalue weighted by molar-refractivity contribution is 9.11. The molecule has 2 aromatic rings. The van der Waals surface area contributed by atoms with Gasteiger partial charge < -0.3 is 5.32 Å². The van der Waals surface area contributed by atoms with Gasteiger partial charge in [0.15, 0.2) is 0 Å². The number of aromatic nitrogens is 2. The molecule has 0 unspecified atom stereocenters. The lowest BCUT2D eigenvalue weighted by molar-refractivity contribution is -0.120. The number of carbonyl (C=O) groups excluding carboxylic acids is 1. The van der Waals surface area contributed by atoms with Gasteiger partial charge in [0.05, 0.1) is 15.9 Å². The van der Waals surface area contributed by atoms with Crippen LogP contribution in [0, 0.1) is 13.8 Å². The maximum absolute atomic E-state index is 12.0. The van der Waals surface area contributed by atoms with Gasteiger partial charge in [-0.1, -0.05) is 0 Å². The summed E-state index contributed by atoms with van der Waals surface area (Å²) in [5.41, 5.74) is 3.02. The molecular weight excluding hydrogens is 338 g/mol. The van der Waals surface area contributed by atoms with Gasteiger partial charge in [-0.25, -0.2) is 0 Å². The third kappa shape index (κ3) is 3.70. The Balaban J connectivity index is 1.83. The van der Waals surface area contributed by atoms with Crippen molar-refractivity contribution in [3.63, 3.8) is 0 Å². The molecule has 0 radical (unpaired) electrons. The molecule has 0 aliphatic rings. The van der Waals surface area contributed by atoms with Crippen molar-refractivity contribution in [2.75, 3.05) is 6.54 Å². The van der Waals surface area contributed by atoms with Gasteiger partial charge in [-0.2, -0.15) is 5.10 Å². The first kappa shape index (κ1) is 15.3. The molecule has 2 heterocycles. The summed E-state index contributed by atoms with van der Waals surface area (Å²) >= 11 is 5.14. The van der Waals surface area contributed by atoms with Crippen LogP contribution in [0.25, 0.3) is 0 Å². The SMILES string of the molecule is Cc1nn(C)c(C)c1CC(=O)NCCc1ccc(Br)s1. The minimum atomic E-state index is 0.0554. The zero-order valence-electron chi connectivity index (χ0n) is 11.9. The van der Waals surface area contributed by atoms with Gasteiger partial charge in [0, 0.05) is 29.7 Å². The Morgan fingerprint density at radius 3 is 2.75 bits per heavy atom. The molecule has 1 amide bonds. The van der Waals surface area contributed by atoms with Crippen LogP contribution >= 0.6 is 27.3 Å². The molecule has 2 rings (SSSR count). The van der Waals surface area contributed by atoms with Crippen molar-refractivity contribution in [3.8, 4) is 0 Å². The van der Waals surface area contributed by atoms with Crippen LogP contribution in [0.3, 0.4) is 0 Å². The van der Waals surface area contributed by atoms with Crippen molar-refractivity contribution < 1.29 is 4.79 Å². The van der Waals surface area contributed by atoms with E-state index in [2.05, 4.69) is 32.4 Å². The highest BCUT2D eigenvalue weighted by Gasteiger charge is 2.13. The number of aryl methyl sites for hydroxylation is 2.